The first kappa shape index (κ1) is 20.9. The highest BCUT2D eigenvalue weighted by Gasteiger charge is 2.18. The van der Waals surface area contributed by atoms with E-state index in [2.05, 4.69) is 10.1 Å². The molecule has 6 nitrogen and oxygen atoms in total. The average Bonchev–Trinajstić information content (AvgIpc) is 2.61. The van der Waals surface area contributed by atoms with Crippen LogP contribution in [0.1, 0.15) is 11.1 Å². The van der Waals surface area contributed by atoms with Crippen LogP contribution < -0.4 is 14.8 Å². The van der Waals surface area contributed by atoms with E-state index in [1.165, 1.54) is 27.3 Å². The van der Waals surface area contributed by atoms with Gasteiger partial charge in [-0.2, -0.15) is 8.78 Å². The molecule has 0 amide bonds. The smallest absolute Gasteiger partial charge is 0.387 e. The summed E-state index contributed by atoms with van der Waals surface area (Å²) in [6, 6.07) is 9.45. The van der Waals surface area contributed by atoms with Gasteiger partial charge in [-0.1, -0.05) is 12.1 Å². The first-order chi connectivity index (χ1) is 12.6. The lowest BCUT2D eigenvalue weighted by Crippen LogP contribution is -2.22. The summed E-state index contributed by atoms with van der Waals surface area (Å²) in [6.45, 7) is -0.737. The van der Waals surface area contributed by atoms with Gasteiger partial charge in [0.05, 0.1) is 12.0 Å². The Balaban J connectivity index is 2.21. The highest BCUT2D eigenvalue weighted by molar-refractivity contribution is 7.89. The Morgan fingerprint density at radius 3 is 2.41 bits per heavy atom. The summed E-state index contributed by atoms with van der Waals surface area (Å²) in [7, 11) is 0.764. The highest BCUT2D eigenvalue weighted by Crippen LogP contribution is 2.30. The second kappa shape index (κ2) is 8.53. The Morgan fingerprint density at radius 2 is 1.81 bits per heavy atom. The lowest BCUT2D eigenvalue weighted by molar-refractivity contribution is -0.0512. The minimum Gasteiger partial charge on any atom is -0.493 e. The number of halogens is 2. The predicted octanol–water partition coefficient (Wildman–Crippen LogP) is 3.47. The van der Waals surface area contributed by atoms with Gasteiger partial charge in [0.1, 0.15) is 0 Å². The van der Waals surface area contributed by atoms with Crippen LogP contribution in [-0.4, -0.2) is 40.5 Å². The number of ether oxygens (including phenoxy) is 2. The number of sulfonamides is 1. The van der Waals surface area contributed by atoms with E-state index in [4.69, 9.17) is 4.74 Å². The topological polar surface area (TPSA) is 67.9 Å². The van der Waals surface area contributed by atoms with Gasteiger partial charge in [0.2, 0.25) is 10.0 Å². The molecule has 0 saturated heterocycles. The van der Waals surface area contributed by atoms with Crippen LogP contribution in [0.5, 0.6) is 11.5 Å². The molecule has 0 atom stereocenters. The van der Waals surface area contributed by atoms with Crippen LogP contribution in [0.3, 0.4) is 0 Å². The molecule has 0 aliphatic heterocycles. The fraction of sp³-hybridized carbons (Fsp3) is 0.333. The van der Waals surface area contributed by atoms with Crippen molar-refractivity contribution < 1.29 is 26.7 Å². The fourth-order valence-corrected chi connectivity index (χ4v) is 3.30. The van der Waals surface area contributed by atoms with Gasteiger partial charge in [-0.15, -0.1) is 0 Å². The molecule has 1 N–H and O–H groups in total. The predicted molar refractivity (Wildman–Crippen MR) is 99.0 cm³/mol. The minimum absolute atomic E-state index is 0.0495. The van der Waals surface area contributed by atoms with E-state index in [1.54, 1.807) is 30.3 Å². The van der Waals surface area contributed by atoms with Crippen LogP contribution in [0.15, 0.2) is 41.3 Å². The Kier molecular flexibility index (Phi) is 6.61. The summed E-state index contributed by atoms with van der Waals surface area (Å²) in [6.07, 6.45) is 0. The number of rotatable bonds is 8. The van der Waals surface area contributed by atoms with E-state index in [0.717, 1.165) is 15.4 Å². The van der Waals surface area contributed by atoms with Crippen LogP contribution in [0.25, 0.3) is 0 Å². The largest absolute Gasteiger partial charge is 0.493 e. The summed E-state index contributed by atoms with van der Waals surface area (Å²) in [4.78, 5) is 0.180. The number of hydrogen-bond acceptors (Lipinski definition) is 5. The molecule has 0 aromatic heterocycles. The average molecular weight is 400 g/mol. The van der Waals surface area contributed by atoms with Crippen molar-refractivity contribution in [3.8, 4) is 11.5 Å². The van der Waals surface area contributed by atoms with Crippen molar-refractivity contribution in [3.63, 3.8) is 0 Å². The molecule has 9 heteroatoms. The van der Waals surface area contributed by atoms with Crippen LogP contribution >= 0.6 is 0 Å². The Hall–Kier alpha value is -2.39. The number of hydrogen-bond donors (Lipinski definition) is 1. The molecule has 0 fully saturated rings. The Morgan fingerprint density at radius 1 is 1.11 bits per heavy atom. The van der Waals surface area contributed by atoms with E-state index in [-0.39, 0.29) is 16.4 Å². The fourth-order valence-electron chi connectivity index (χ4n) is 2.38. The first-order valence-corrected chi connectivity index (χ1v) is 9.48. The zero-order chi connectivity index (χ0) is 20.2. The molecule has 0 aliphatic carbocycles. The number of methoxy groups -OCH3 is 1. The zero-order valence-electron chi connectivity index (χ0n) is 15.5. The summed E-state index contributed by atoms with van der Waals surface area (Å²) in [5.41, 5.74) is 2.29. The molecule has 148 valence electrons. The molecule has 2 aromatic rings. The molecule has 0 heterocycles. The van der Waals surface area contributed by atoms with E-state index >= 15 is 0 Å². The van der Waals surface area contributed by atoms with Crippen molar-refractivity contribution in [2.24, 2.45) is 0 Å². The third-order valence-electron chi connectivity index (χ3n) is 3.91. The van der Waals surface area contributed by atoms with Crippen LogP contribution in [-0.2, 0) is 16.6 Å². The normalized spacial score (nSPS) is 11.7. The van der Waals surface area contributed by atoms with Crippen molar-refractivity contribution in [2.45, 2.75) is 25.0 Å². The SMILES string of the molecule is COc1cc(CNc2cc(S(=O)(=O)N(C)C)ccc2C)ccc1OC(F)F. The number of alkyl halides is 2. The van der Waals surface area contributed by atoms with E-state index in [0.29, 0.717) is 12.2 Å². The second-order valence-corrected chi connectivity index (χ2v) is 8.13. The standard InChI is InChI=1S/C18H22F2N2O4S/c1-12-5-7-14(27(23,24)22(2)3)10-15(12)21-11-13-6-8-16(26-18(19)20)17(9-13)25-4/h5-10,18,21H,11H2,1-4H3. The number of nitrogens with one attached hydrogen (secondary N) is 1. The molecule has 2 rings (SSSR count). The van der Waals surface area contributed by atoms with Crippen LogP contribution in [0.2, 0.25) is 0 Å². The maximum absolute atomic E-state index is 12.4. The molecule has 0 aliphatic rings. The van der Waals surface area contributed by atoms with Crippen molar-refractivity contribution in [1.82, 2.24) is 4.31 Å². The van der Waals surface area contributed by atoms with E-state index in [1.807, 2.05) is 6.92 Å². The van der Waals surface area contributed by atoms with E-state index in [9.17, 15) is 17.2 Å². The lowest BCUT2D eigenvalue weighted by Gasteiger charge is -2.16. The number of anilines is 1. The summed E-state index contributed by atoms with van der Waals surface area (Å²) in [5.74, 6) is 0.141. The van der Waals surface area contributed by atoms with Crippen LogP contribution in [0, 0.1) is 6.92 Å². The van der Waals surface area contributed by atoms with Crippen molar-refractivity contribution >= 4 is 15.7 Å². The maximum Gasteiger partial charge on any atom is 0.387 e. The summed E-state index contributed by atoms with van der Waals surface area (Å²) >= 11 is 0. The lowest BCUT2D eigenvalue weighted by atomic mass is 10.1. The van der Waals surface area contributed by atoms with Gasteiger partial charge in [-0.3, -0.25) is 0 Å². The Labute approximate surface area is 157 Å². The first-order valence-electron chi connectivity index (χ1n) is 8.04. The molecule has 0 unspecified atom stereocenters. The monoisotopic (exact) mass is 400 g/mol. The number of nitrogens with zero attached hydrogens (tertiary/aromatic N) is 1. The van der Waals surface area contributed by atoms with Crippen LogP contribution in [0.4, 0.5) is 14.5 Å². The maximum atomic E-state index is 12.4. The third-order valence-corrected chi connectivity index (χ3v) is 5.73. The quantitative estimate of drug-likeness (QED) is 0.735. The molecular weight excluding hydrogens is 378 g/mol. The number of benzene rings is 2. The van der Waals surface area contributed by atoms with Crippen molar-refractivity contribution in [2.75, 3.05) is 26.5 Å². The Bertz CT molecular complexity index is 902. The van der Waals surface area contributed by atoms with E-state index < -0.39 is 16.6 Å². The van der Waals surface area contributed by atoms with Gasteiger partial charge in [0, 0.05) is 26.3 Å². The van der Waals surface area contributed by atoms with Crippen molar-refractivity contribution in [3.05, 3.63) is 47.5 Å². The van der Waals surface area contributed by atoms with Gasteiger partial charge in [0.25, 0.3) is 0 Å². The molecule has 27 heavy (non-hydrogen) atoms. The number of aryl methyl sites for hydroxylation is 1. The van der Waals surface area contributed by atoms with Gasteiger partial charge < -0.3 is 14.8 Å². The third kappa shape index (κ3) is 5.08. The zero-order valence-corrected chi connectivity index (χ0v) is 16.3. The second-order valence-electron chi connectivity index (χ2n) is 5.98. The van der Waals surface area contributed by atoms with Crippen molar-refractivity contribution in [1.29, 1.82) is 0 Å². The molecule has 0 radical (unpaired) electrons. The molecule has 2 aromatic carbocycles. The summed E-state index contributed by atoms with van der Waals surface area (Å²) < 4.78 is 60.0. The highest BCUT2D eigenvalue weighted by atomic mass is 32.2. The molecular formula is C18H22F2N2O4S. The van der Waals surface area contributed by atoms with Gasteiger partial charge in [-0.25, -0.2) is 12.7 Å². The van der Waals surface area contributed by atoms with Gasteiger partial charge in [-0.05, 0) is 42.3 Å². The van der Waals surface area contributed by atoms with Gasteiger partial charge >= 0.3 is 6.61 Å². The molecule has 0 saturated carbocycles. The molecule has 0 spiro atoms. The molecule has 0 bridgehead atoms. The van der Waals surface area contributed by atoms with Gasteiger partial charge in [0.15, 0.2) is 11.5 Å². The minimum atomic E-state index is -3.54. The summed E-state index contributed by atoms with van der Waals surface area (Å²) in [5, 5.41) is 3.16.